The lowest BCUT2D eigenvalue weighted by Crippen LogP contribution is -2.54. The van der Waals surface area contributed by atoms with Gasteiger partial charge in [-0.05, 0) is 43.2 Å². The van der Waals surface area contributed by atoms with E-state index in [0.29, 0.717) is 61.0 Å². The average Bonchev–Trinajstić information content (AvgIpc) is 3.22. The quantitative estimate of drug-likeness (QED) is 0.426. The van der Waals surface area contributed by atoms with Crippen LogP contribution in [0.3, 0.4) is 0 Å². The number of carbonyl (C=O) groups is 1. The zero-order chi connectivity index (χ0) is 27.4. The molecule has 0 unspecified atom stereocenters. The summed E-state index contributed by atoms with van der Waals surface area (Å²) in [5.41, 5.74) is 0.373. The van der Waals surface area contributed by atoms with Gasteiger partial charge in [0.1, 0.15) is 11.6 Å². The summed E-state index contributed by atoms with van der Waals surface area (Å²) in [5, 5.41) is 19.9. The molecule has 3 aliphatic heterocycles. The van der Waals surface area contributed by atoms with Crippen molar-refractivity contribution < 1.29 is 24.1 Å². The molecule has 5 rings (SSSR count). The number of halogens is 2. The number of hydrogen-bond donors (Lipinski definition) is 2. The summed E-state index contributed by atoms with van der Waals surface area (Å²) in [5.74, 6) is 1.64. The van der Waals surface area contributed by atoms with Gasteiger partial charge in [-0.15, -0.1) is 0 Å². The van der Waals surface area contributed by atoms with E-state index in [2.05, 4.69) is 14.9 Å². The molecule has 3 fully saturated rings. The number of benzene rings is 1. The summed E-state index contributed by atoms with van der Waals surface area (Å²) >= 11 is 5.87. The SMILES string of the molecule is O=C(Cc1ccc(OCCCC2CCN(c3ncc(Cl)cn3)CC2)cc1F)N1CC(CN2C[C@H](O)[C@@H](O)C2)C1. The Labute approximate surface area is 233 Å². The second-order valence-electron chi connectivity index (χ2n) is 11.1. The van der Waals surface area contributed by atoms with E-state index in [1.165, 1.54) is 6.07 Å². The van der Waals surface area contributed by atoms with Gasteiger partial charge in [-0.2, -0.15) is 0 Å². The predicted molar refractivity (Wildman–Crippen MR) is 145 cm³/mol. The number of anilines is 1. The van der Waals surface area contributed by atoms with E-state index in [1.807, 2.05) is 4.90 Å². The Morgan fingerprint density at radius 2 is 1.74 bits per heavy atom. The van der Waals surface area contributed by atoms with Gasteiger partial charge in [0.25, 0.3) is 0 Å². The molecule has 2 atom stereocenters. The molecule has 1 amide bonds. The molecule has 1 aromatic heterocycles. The molecule has 212 valence electrons. The van der Waals surface area contributed by atoms with E-state index in [1.54, 1.807) is 29.4 Å². The third-order valence-electron chi connectivity index (χ3n) is 8.06. The van der Waals surface area contributed by atoms with Gasteiger partial charge in [0.15, 0.2) is 0 Å². The van der Waals surface area contributed by atoms with E-state index in [0.717, 1.165) is 51.3 Å². The second-order valence-corrected chi connectivity index (χ2v) is 11.5. The first kappa shape index (κ1) is 28.0. The fourth-order valence-electron chi connectivity index (χ4n) is 5.74. The molecule has 3 saturated heterocycles. The Kier molecular flexibility index (Phi) is 9.17. The van der Waals surface area contributed by atoms with Crippen LogP contribution in [0.5, 0.6) is 5.75 Å². The summed E-state index contributed by atoms with van der Waals surface area (Å²) in [6, 6.07) is 4.75. The van der Waals surface area contributed by atoms with Crippen LogP contribution in [0, 0.1) is 17.7 Å². The number of carbonyl (C=O) groups excluding carboxylic acids is 1. The number of piperidine rings is 1. The fraction of sp³-hybridized carbons (Fsp3) is 0.607. The standard InChI is InChI=1S/C28H37ClFN5O4/c29-22-12-31-28(32-13-22)34-7-5-19(6-8-34)2-1-9-39-23-4-3-21(24(30)11-23)10-27(38)35-15-20(16-35)14-33-17-25(36)26(37)18-33/h3-4,11-13,19-20,25-26,36-37H,1-2,5-10,14-18H2/t25-,26-/m0/s1. The lowest BCUT2D eigenvalue weighted by Gasteiger charge is -2.41. The van der Waals surface area contributed by atoms with Gasteiger partial charge in [0, 0.05) is 57.8 Å². The van der Waals surface area contributed by atoms with Crippen molar-refractivity contribution in [2.75, 3.05) is 57.3 Å². The Bertz CT molecular complexity index is 1100. The number of likely N-dealkylation sites (tertiary alicyclic amines) is 2. The Balaban J connectivity index is 0.971. The van der Waals surface area contributed by atoms with Gasteiger partial charge in [-0.25, -0.2) is 14.4 Å². The minimum absolute atomic E-state index is 0.0275. The van der Waals surface area contributed by atoms with Crippen molar-refractivity contribution in [2.24, 2.45) is 11.8 Å². The zero-order valence-corrected chi connectivity index (χ0v) is 22.8. The minimum atomic E-state index is -0.696. The van der Waals surface area contributed by atoms with E-state index in [9.17, 15) is 19.4 Å². The monoisotopic (exact) mass is 561 g/mol. The molecular weight excluding hydrogens is 525 g/mol. The van der Waals surface area contributed by atoms with Crippen LogP contribution in [0.25, 0.3) is 0 Å². The Morgan fingerprint density at radius 1 is 1.05 bits per heavy atom. The first-order valence-corrected chi connectivity index (χ1v) is 14.2. The molecular formula is C28H37ClFN5O4. The van der Waals surface area contributed by atoms with Crippen LogP contribution < -0.4 is 9.64 Å². The van der Waals surface area contributed by atoms with E-state index in [-0.39, 0.29) is 12.3 Å². The van der Waals surface area contributed by atoms with Crippen molar-refractivity contribution in [3.05, 3.63) is 47.0 Å². The van der Waals surface area contributed by atoms with Crippen LogP contribution in [0.1, 0.15) is 31.2 Å². The average molecular weight is 562 g/mol. The summed E-state index contributed by atoms with van der Waals surface area (Å²) in [6.45, 7) is 5.29. The molecule has 3 aliphatic rings. The van der Waals surface area contributed by atoms with Crippen molar-refractivity contribution in [3.8, 4) is 5.75 Å². The molecule has 1 aromatic carbocycles. The number of ether oxygens (including phenoxy) is 1. The Hall–Kier alpha value is -2.53. The van der Waals surface area contributed by atoms with E-state index >= 15 is 0 Å². The van der Waals surface area contributed by atoms with Crippen molar-refractivity contribution >= 4 is 23.5 Å². The smallest absolute Gasteiger partial charge is 0.227 e. The van der Waals surface area contributed by atoms with Crippen molar-refractivity contribution in [3.63, 3.8) is 0 Å². The molecule has 0 aliphatic carbocycles. The lowest BCUT2D eigenvalue weighted by atomic mass is 9.92. The lowest BCUT2D eigenvalue weighted by molar-refractivity contribution is -0.137. The summed E-state index contributed by atoms with van der Waals surface area (Å²) in [6.07, 6.45) is 5.99. The molecule has 0 bridgehead atoms. The summed E-state index contributed by atoms with van der Waals surface area (Å²) in [4.78, 5) is 27.2. The maximum absolute atomic E-state index is 14.7. The first-order chi connectivity index (χ1) is 18.8. The number of aromatic nitrogens is 2. The van der Waals surface area contributed by atoms with Crippen LogP contribution in [0.4, 0.5) is 10.3 Å². The molecule has 0 radical (unpaired) electrons. The number of β-amino-alcohol motifs (C(OH)–C–C–N with tert-alkyl or cyclic N) is 2. The van der Waals surface area contributed by atoms with Crippen molar-refractivity contribution in [2.45, 2.75) is 44.3 Å². The highest BCUT2D eigenvalue weighted by Crippen LogP contribution is 2.26. The number of rotatable bonds is 10. The first-order valence-electron chi connectivity index (χ1n) is 13.8. The number of nitrogens with zero attached hydrogens (tertiary/aromatic N) is 5. The number of aliphatic hydroxyl groups excluding tert-OH is 2. The van der Waals surface area contributed by atoms with Crippen molar-refractivity contribution in [1.29, 1.82) is 0 Å². The van der Waals surface area contributed by atoms with Gasteiger partial charge < -0.3 is 24.7 Å². The summed E-state index contributed by atoms with van der Waals surface area (Å²) in [7, 11) is 0. The largest absolute Gasteiger partial charge is 0.493 e. The molecule has 0 spiro atoms. The van der Waals surface area contributed by atoms with Gasteiger partial charge >= 0.3 is 0 Å². The third-order valence-corrected chi connectivity index (χ3v) is 8.25. The third kappa shape index (κ3) is 7.36. The van der Waals surface area contributed by atoms with E-state index in [4.69, 9.17) is 16.3 Å². The van der Waals surface area contributed by atoms with Crippen LogP contribution in [0.2, 0.25) is 5.02 Å². The number of hydrogen-bond acceptors (Lipinski definition) is 8. The summed E-state index contributed by atoms with van der Waals surface area (Å²) < 4.78 is 20.5. The Morgan fingerprint density at radius 3 is 2.41 bits per heavy atom. The van der Waals surface area contributed by atoms with Gasteiger partial charge in [-0.1, -0.05) is 17.7 Å². The molecule has 39 heavy (non-hydrogen) atoms. The van der Waals surface area contributed by atoms with Crippen LogP contribution >= 0.6 is 11.6 Å². The molecule has 9 nitrogen and oxygen atoms in total. The van der Waals surface area contributed by atoms with Crippen LogP contribution in [-0.4, -0.2) is 101 Å². The van der Waals surface area contributed by atoms with Crippen LogP contribution in [0.15, 0.2) is 30.6 Å². The maximum Gasteiger partial charge on any atom is 0.227 e. The topological polar surface area (TPSA) is 102 Å². The highest BCUT2D eigenvalue weighted by atomic mass is 35.5. The fourth-order valence-corrected chi connectivity index (χ4v) is 5.84. The highest BCUT2D eigenvalue weighted by molar-refractivity contribution is 6.30. The van der Waals surface area contributed by atoms with E-state index < -0.39 is 18.0 Å². The van der Waals surface area contributed by atoms with Gasteiger partial charge in [0.2, 0.25) is 11.9 Å². The maximum atomic E-state index is 14.7. The second kappa shape index (κ2) is 12.8. The molecule has 11 heteroatoms. The zero-order valence-electron chi connectivity index (χ0n) is 22.1. The van der Waals surface area contributed by atoms with Gasteiger partial charge in [0.05, 0.1) is 42.7 Å². The molecule has 2 N–H and O–H groups in total. The normalized spacial score (nSPS) is 22.8. The minimum Gasteiger partial charge on any atom is -0.493 e. The molecule has 4 heterocycles. The predicted octanol–water partition coefficient (Wildman–Crippen LogP) is 2.38. The number of aliphatic hydroxyl groups is 2. The van der Waals surface area contributed by atoms with Gasteiger partial charge in [-0.3, -0.25) is 9.69 Å². The van der Waals surface area contributed by atoms with Crippen LogP contribution in [-0.2, 0) is 11.2 Å². The molecule has 2 aromatic rings. The van der Waals surface area contributed by atoms with Crippen molar-refractivity contribution in [1.82, 2.24) is 19.8 Å². The highest BCUT2D eigenvalue weighted by Gasteiger charge is 2.36. The number of amides is 1. The molecule has 0 saturated carbocycles.